The van der Waals surface area contributed by atoms with Gasteiger partial charge in [0.05, 0.1) is 5.56 Å². The third kappa shape index (κ3) is 8.06. The molecule has 0 atom stereocenters. The van der Waals surface area contributed by atoms with E-state index in [0.29, 0.717) is 0 Å². The SMILES string of the molecule is CC(C)(C)[Si](C)(C)OOc1cc(C(=O)O)cc(OO[Si](C)(C)C(C)(C)C)c1OO[Si](C)(C)C(C)(C)C. The van der Waals surface area contributed by atoms with Crippen LogP contribution in [0.2, 0.25) is 54.4 Å². The number of carbonyl (C=O) groups is 1. The molecule has 208 valence electrons. The van der Waals surface area contributed by atoms with E-state index in [1.165, 1.54) is 12.1 Å². The Bertz CT molecular complexity index is 872. The van der Waals surface area contributed by atoms with Crippen LogP contribution in [-0.4, -0.2) is 36.0 Å². The molecule has 0 saturated carbocycles. The first-order chi connectivity index (χ1) is 15.8. The molecule has 36 heavy (non-hydrogen) atoms. The van der Waals surface area contributed by atoms with Gasteiger partial charge >= 0.3 is 5.97 Å². The van der Waals surface area contributed by atoms with Gasteiger partial charge in [-0.15, -0.1) is 0 Å². The van der Waals surface area contributed by atoms with Gasteiger partial charge < -0.3 is 19.8 Å². The summed E-state index contributed by atoms with van der Waals surface area (Å²) in [6.45, 7) is 30.9. The summed E-state index contributed by atoms with van der Waals surface area (Å²) in [6, 6.07) is 2.69. The highest BCUT2D eigenvalue weighted by Crippen LogP contribution is 2.45. The van der Waals surface area contributed by atoms with Crippen molar-refractivity contribution in [3.63, 3.8) is 0 Å². The van der Waals surface area contributed by atoms with Gasteiger partial charge in [0.15, 0.2) is 0 Å². The summed E-state index contributed by atoms with van der Waals surface area (Å²) in [7, 11) is -7.08. The second-order valence-electron chi connectivity index (χ2n) is 13.9. The van der Waals surface area contributed by atoms with E-state index in [1.54, 1.807) is 0 Å². The highest BCUT2D eigenvalue weighted by Gasteiger charge is 2.43. The van der Waals surface area contributed by atoms with Crippen LogP contribution < -0.4 is 14.7 Å². The van der Waals surface area contributed by atoms with Gasteiger partial charge in [-0.25, -0.2) is 18.5 Å². The summed E-state index contributed by atoms with van der Waals surface area (Å²) in [4.78, 5) is 29.4. The molecule has 0 aliphatic carbocycles. The molecule has 0 aliphatic heterocycles. The van der Waals surface area contributed by atoms with E-state index in [-0.39, 0.29) is 37.9 Å². The first-order valence-electron chi connectivity index (χ1n) is 12.3. The Balaban J connectivity index is 3.58. The van der Waals surface area contributed by atoms with Crippen molar-refractivity contribution in [1.29, 1.82) is 0 Å². The predicted molar refractivity (Wildman–Crippen MR) is 150 cm³/mol. The summed E-state index contributed by atoms with van der Waals surface area (Å²) in [5.41, 5.74) is -0.0580. The molecule has 0 aromatic heterocycles. The molecule has 0 fully saturated rings. The van der Waals surface area contributed by atoms with Crippen molar-refractivity contribution in [3.8, 4) is 17.2 Å². The van der Waals surface area contributed by atoms with E-state index in [4.69, 9.17) is 28.4 Å². The minimum absolute atomic E-state index is 0.0484. The standard InChI is InChI=1S/C25H48O8Si3/c1-23(2,3)34(10,11)31-28-19-16-18(22(26)27)17-20(29-32-35(12,13)24(4,5)6)21(19)30-33-36(14,15)25(7,8)9/h16-17H,1-15H3,(H,26,27). The van der Waals surface area contributed by atoms with Crippen LogP contribution >= 0.6 is 0 Å². The number of benzene rings is 1. The van der Waals surface area contributed by atoms with Crippen LogP contribution in [-0.2, 0) is 13.7 Å². The van der Waals surface area contributed by atoms with Crippen molar-refractivity contribution < 1.29 is 38.3 Å². The summed E-state index contributed by atoms with van der Waals surface area (Å²) in [5, 5.41) is 9.35. The van der Waals surface area contributed by atoms with Gasteiger partial charge in [-0.2, -0.15) is 0 Å². The first-order valence-corrected chi connectivity index (χ1v) is 21.0. The Morgan fingerprint density at radius 3 is 1.14 bits per heavy atom. The average Bonchev–Trinajstić information content (AvgIpc) is 2.66. The number of carboxylic acids is 1. The van der Waals surface area contributed by atoms with Crippen molar-refractivity contribution in [2.45, 2.75) is 117 Å². The molecule has 0 heterocycles. The van der Waals surface area contributed by atoms with E-state index in [1.807, 2.05) is 39.3 Å². The quantitative estimate of drug-likeness (QED) is 0.173. The molecule has 8 nitrogen and oxygen atoms in total. The fourth-order valence-corrected chi connectivity index (χ4v) is 3.36. The Labute approximate surface area is 220 Å². The predicted octanol–water partition coefficient (Wildman–Crippen LogP) is 8.33. The van der Waals surface area contributed by atoms with Gasteiger partial charge in [-0.05, 0) is 54.4 Å². The zero-order valence-electron chi connectivity index (χ0n) is 25.0. The van der Waals surface area contributed by atoms with E-state index in [9.17, 15) is 9.90 Å². The maximum Gasteiger partial charge on any atom is 0.335 e. The summed E-state index contributed by atoms with van der Waals surface area (Å²) in [5.74, 6) is -0.983. The third-order valence-electron chi connectivity index (χ3n) is 7.70. The Morgan fingerprint density at radius 1 is 0.611 bits per heavy atom. The fourth-order valence-electron chi connectivity index (χ4n) is 1.73. The van der Waals surface area contributed by atoms with Gasteiger partial charge in [0.25, 0.3) is 30.7 Å². The molecule has 11 heteroatoms. The molecule has 0 aliphatic rings. The number of rotatable bonds is 10. The third-order valence-corrected chi connectivity index (χ3v) is 20.0. The van der Waals surface area contributed by atoms with Gasteiger partial charge in [0.1, 0.15) is 0 Å². The molecule has 1 rings (SSSR count). The lowest BCUT2D eigenvalue weighted by Crippen LogP contribution is -2.43. The Kier molecular flexibility index (Phi) is 9.77. The van der Waals surface area contributed by atoms with E-state index >= 15 is 0 Å². The van der Waals surface area contributed by atoms with Crippen molar-refractivity contribution in [2.24, 2.45) is 0 Å². The van der Waals surface area contributed by atoms with Crippen molar-refractivity contribution in [3.05, 3.63) is 17.7 Å². The Hall–Kier alpha value is -1.38. The van der Waals surface area contributed by atoms with Gasteiger partial charge in [0.2, 0.25) is 11.5 Å². The zero-order valence-corrected chi connectivity index (χ0v) is 28.0. The van der Waals surface area contributed by atoms with E-state index in [2.05, 4.69) is 62.3 Å². The molecule has 1 N–H and O–H groups in total. The van der Waals surface area contributed by atoms with Crippen molar-refractivity contribution in [2.75, 3.05) is 0 Å². The van der Waals surface area contributed by atoms with Crippen LogP contribution in [0.1, 0.15) is 72.7 Å². The number of hydrogen-bond donors (Lipinski definition) is 1. The van der Waals surface area contributed by atoms with E-state index < -0.39 is 30.9 Å². The van der Waals surface area contributed by atoms with Crippen LogP contribution in [0, 0.1) is 0 Å². The average molecular weight is 561 g/mol. The largest absolute Gasteiger partial charge is 0.478 e. The number of carboxylic acid groups (broad SMARTS) is 1. The topological polar surface area (TPSA) is 92.7 Å². The monoisotopic (exact) mass is 560 g/mol. The molecular weight excluding hydrogens is 513 g/mol. The van der Waals surface area contributed by atoms with Gasteiger partial charge in [0, 0.05) is 12.1 Å². The maximum absolute atomic E-state index is 11.9. The summed E-state index contributed by atoms with van der Waals surface area (Å²) in [6.07, 6.45) is 0. The Morgan fingerprint density at radius 2 is 0.889 bits per heavy atom. The molecule has 0 unspecified atom stereocenters. The van der Waals surface area contributed by atoms with Crippen LogP contribution in [0.3, 0.4) is 0 Å². The van der Waals surface area contributed by atoms with Gasteiger partial charge in [-0.1, -0.05) is 62.3 Å². The zero-order chi connectivity index (χ0) is 28.5. The summed E-state index contributed by atoms with van der Waals surface area (Å²) >= 11 is 0. The molecule has 1 aromatic rings. The lowest BCUT2D eigenvalue weighted by Gasteiger charge is -2.36. The molecule has 0 bridgehead atoms. The second kappa shape index (κ2) is 10.8. The van der Waals surface area contributed by atoms with Crippen molar-refractivity contribution >= 4 is 30.9 Å². The maximum atomic E-state index is 11.9. The van der Waals surface area contributed by atoms with Crippen LogP contribution in [0.4, 0.5) is 0 Å². The van der Waals surface area contributed by atoms with Crippen LogP contribution in [0.5, 0.6) is 17.2 Å². The lowest BCUT2D eigenvalue weighted by atomic mass is 10.2. The normalized spacial score (nSPS) is 14.0. The molecule has 0 spiro atoms. The highest BCUT2D eigenvalue weighted by atomic mass is 28.4. The molecule has 0 radical (unpaired) electrons. The first kappa shape index (κ1) is 32.6. The van der Waals surface area contributed by atoms with Gasteiger partial charge in [-0.3, -0.25) is 0 Å². The molecule has 0 amide bonds. The minimum Gasteiger partial charge on any atom is -0.478 e. The molecular formula is C25H48O8Si3. The summed E-state index contributed by atoms with van der Waals surface area (Å²) < 4.78 is 17.9. The number of aromatic carboxylic acids is 1. The minimum atomic E-state index is -2.36. The smallest absolute Gasteiger partial charge is 0.335 e. The number of hydrogen-bond acceptors (Lipinski definition) is 7. The van der Waals surface area contributed by atoms with Crippen LogP contribution in [0.15, 0.2) is 12.1 Å². The second-order valence-corrected chi connectivity index (χ2v) is 27.9. The van der Waals surface area contributed by atoms with Crippen molar-refractivity contribution in [1.82, 2.24) is 0 Å². The highest BCUT2D eigenvalue weighted by molar-refractivity contribution is 6.74. The fraction of sp³-hybridized carbons (Fsp3) is 0.720. The van der Waals surface area contributed by atoms with E-state index in [0.717, 1.165) is 0 Å². The van der Waals surface area contributed by atoms with Crippen LogP contribution in [0.25, 0.3) is 0 Å². The lowest BCUT2D eigenvalue weighted by molar-refractivity contribution is -0.157. The molecule has 0 saturated heterocycles. The molecule has 1 aromatic carbocycles.